The molecule has 23 heavy (non-hydrogen) atoms. The molecule has 0 aliphatic heterocycles. The third-order valence-electron chi connectivity index (χ3n) is 2.78. The Labute approximate surface area is 133 Å². The molecule has 0 radical (unpaired) electrons. The van der Waals surface area contributed by atoms with Gasteiger partial charge in [-0.25, -0.2) is 17.6 Å². The highest BCUT2D eigenvalue weighted by molar-refractivity contribution is 7.92. The smallest absolute Gasteiger partial charge is 0.411 e. The van der Waals surface area contributed by atoms with Crippen molar-refractivity contribution in [1.29, 1.82) is 0 Å². The summed E-state index contributed by atoms with van der Waals surface area (Å²) in [5, 5.41) is 2.49. The normalized spacial score (nSPS) is 10.9. The van der Waals surface area contributed by atoms with E-state index in [1.807, 2.05) is 0 Å². The van der Waals surface area contributed by atoms with Gasteiger partial charge < -0.3 is 4.74 Å². The van der Waals surface area contributed by atoms with E-state index in [4.69, 9.17) is 4.74 Å². The number of amides is 1. The van der Waals surface area contributed by atoms with Crippen LogP contribution in [0.5, 0.6) is 0 Å². The summed E-state index contributed by atoms with van der Waals surface area (Å²) < 4.78 is 44.2. The van der Waals surface area contributed by atoms with Crippen LogP contribution in [-0.2, 0) is 14.8 Å². The minimum Gasteiger partial charge on any atom is -0.450 e. The van der Waals surface area contributed by atoms with Crippen LogP contribution in [0.15, 0.2) is 53.4 Å². The van der Waals surface area contributed by atoms with Gasteiger partial charge in [-0.3, -0.25) is 10.0 Å². The van der Waals surface area contributed by atoms with Crippen molar-refractivity contribution >= 4 is 27.5 Å². The number of anilines is 2. The minimum absolute atomic E-state index is 0.0485. The molecule has 0 unspecified atom stereocenters. The number of sulfonamides is 1. The molecule has 2 N–H and O–H groups in total. The fraction of sp³-hybridized carbons (Fsp3) is 0.133. The number of hydrogen-bond acceptors (Lipinski definition) is 4. The lowest BCUT2D eigenvalue weighted by molar-refractivity contribution is 0.168. The van der Waals surface area contributed by atoms with Gasteiger partial charge in [-0.05, 0) is 55.5 Å². The summed E-state index contributed by atoms with van der Waals surface area (Å²) in [7, 11) is -3.80. The van der Waals surface area contributed by atoms with E-state index >= 15 is 0 Å². The largest absolute Gasteiger partial charge is 0.450 e. The van der Waals surface area contributed by atoms with Gasteiger partial charge in [-0.2, -0.15) is 0 Å². The lowest BCUT2D eigenvalue weighted by Crippen LogP contribution is -2.14. The van der Waals surface area contributed by atoms with E-state index in [-0.39, 0.29) is 11.5 Å². The molecule has 0 aliphatic carbocycles. The standard InChI is InChI=1S/C15H15FN2O4S/c1-2-22-15(19)17-12-5-7-13(8-6-12)18-23(20,21)14-9-3-11(16)4-10-14/h3-10,18H,2H2,1H3,(H,17,19). The van der Waals surface area contributed by atoms with Gasteiger partial charge in [0.1, 0.15) is 5.82 Å². The first kappa shape index (κ1) is 16.8. The van der Waals surface area contributed by atoms with Crippen LogP contribution in [-0.4, -0.2) is 21.1 Å². The van der Waals surface area contributed by atoms with E-state index in [2.05, 4.69) is 10.0 Å². The van der Waals surface area contributed by atoms with E-state index < -0.39 is 21.9 Å². The molecule has 6 nitrogen and oxygen atoms in total. The SMILES string of the molecule is CCOC(=O)Nc1ccc(NS(=O)(=O)c2ccc(F)cc2)cc1. The number of nitrogens with one attached hydrogen (secondary N) is 2. The number of ether oxygens (including phenoxy) is 1. The van der Waals surface area contributed by atoms with Crippen LogP contribution >= 0.6 is 0 Å². The number of carbonyl (C=O) groups is 1. The molecule has 0 atom stereocenters. The molecule has 0 saturated carbocycles. The molecule has 2 aromatic rings. The monoisotopic (exact) mass is 338 g/mol. The van der Waals surface area contributed by atoms with Crippen LogP contribution in [0.1, 0.15) is 6.92 Å². The molecule has 0 spiro atoms. The molecule has 8 heteroatoms. The maximum Gasteiger partial charge on any atom is 0.411 e. The molecule has 1 amide bonds. The topological polar surface area (TPSA) is 84.5 Å². The third-order valence-corrected chi connectivity index (χ3v) is 4.18. The van der Waals surface area contributed by atoms with Gasteiger partial charge in [0.25, 0.3) is 10.0 Å². The van der Waals surface area contributed by atoms with Crippen molar-refractivity contribution in [2.75, 3.05) is 16.6 Å². The molecule has 0 fully saturated rings. The van der Waals surface area contributed by atoms with E-state index in [1.165, 1.54) is 36.4 Å². The van der Waals surface area contributed by atoms with E-state index in [9.17, 15) is 17.6 Å². The fourth-order valence-electron chi connectivity index (χ4n) is 1.73. The lowest BCUT2D eigenvalue weighted by Gasteiger charge is -2.09. The highest BCUT2D eigenvalue weighted by Crippen LogP contribution is 2.18. The number of halogens is 1. The quantitative estimate of drug-likeness (QED) is 0.877. The molecule has 122 valence electrons. The molecule has 0 aromatic heterocycles. The summed E-state index contributed by atoms with van der Waals surface area (Å²) in [5.41, 5.74) is 0.775. The summed E-state index contributed by atoms with van der Waals surface area (Å²) >= 11 is 0. The summed E-state index contributed by atoms with van der Waals surface area (Å²) in [6.07, 6.45) is -0.591. The molecule has 2 rings (SSSR count). The van der Waals surface area contributed by atoms with Crippen LogP contribution < -0.4 is 10.0 Å². The van der Waals surface area contributed by atoms with Crippen LogP contribution in [0, 0.1) is 5.82 Å². The zero-order valence-electron chi connectivity index (χ0n) is 12.2. The van der Waals surface area contributed by atoms with Crippen molar-refractivity contribution in [3.05, 3.63) is 54.3 Å². The first-order chi connectivity index (χ1) is 10.9. The van der Waals surface area contributed by atoms with Gasteiger partial charge in [0.2, 0.25) is 0 Å². The number of hydrogen-bond donors (Lipinski definition) is 2. The van der Waals surface area contributed by atoms with E-state index in [1.54, 1.807) is 6.92 Å². The average Bonchev–Trinajstić information content (AvgIpc) is 2.50. The van der Waals surface area contributed by atoms with E-state index in [0.29, 0.717) is 11.4 Å². The fourth-order valence-corrected chi connectivity index (χ4v) is 2.79. The molecule has 0 heterocycles. The maximum absolute atomic E-state index is 12.8. The highest BCUT2D eigenvalue weighted by Gasteiger charge is 2.14. The van der Waals surface area contributed by atoms with Gasteiger partial charge in [-0.1, -0.05) is 0 Å². The van der Waals surface area contributed by atoms with Crippen molar-refractivity contribution in [1.82, 2.24) is 0 Å². The Morgan fingerprint density at radius 2 is 1.61 bits per heavy atom. The second-order valence-corrected chi connectivity index (χ2v) is 6.16. The Hall–Kier alpha value is -2.61. The summed E-state index contributed by atoms with van der Waals surface area (Å²) in [6.45, 7) is 1.94. The molecule has 0 aliphatic rings. The van der Waals surface area contributed by atoms with Crippen molar-refractivity contribution in [2.45, 2.75) is 11.8 Å². The lowest BCUT2D eigenvalue weighted by atomic mass is 10.3. The second kappa shape index (κ2) is 7.10. The Morgan fingerprint density at radius 3 is 2.17 bits per heavy atom. The van der Waals surface area contributed by atoms with Crippen molar-refractivity contribution in [3.63, 3.8) is 0 Å². The maximum atomic E-state index is 12.8. The summed E-state index contributed by atoms with van der Waals surface area (Å²) in [4.78, 5) is 11.2. The predicted molar refractivity (Wildman–Crippen MR) is 84.3 cm³/mol. The van der Waals surface area contributed by atoms with Gasteiger partial charge in [-0.15, -0.1) is 0 Å². The van der Waals surface area contributed by atoms with E-state index in [0.717, 1.165) is 12.1 Å². The molecule has 0 saturated heterocycles. The number of carbonyl (C=O) groups excluding carboxylic acids is 1. The second-order valence-electron chi connectivity index (χ2n) is 4.48. The first-order valence-corrected chi connectivity index (χ1v) is 8.21. The number of rotatable bonds is 5. The average molecular weight is 338 g/mol. The van der Waals surface area contributed by atoms with Crippen LogP contribution in [0.2, 0.25) is 0 Å². The Morgan fingerprint density at radius 1 is 1.04 bits per heavy atom. The van der Waals surface area contributed by atoms with Gasteiger partial charge >= 0.3 is 6.09 Å². The Balaban J connectivity index is 2.08. The zero-order valence-corrected chi connectivity index (χ0v) is 13.1. The third kappa shape index (κ3) is 4.68. The molecular weight excluding hydrogens is 323 g/mol. The van der Waals surface area contributed by atoms with Gasteiger partial charge in [0.05, 0.1) is 11.5 Å². The highest BCUT2D eigenvalue weighted by atomic mass is 32.2. The van der Waals surface area contributed by atoms with Crippen molar-refractivity contribution in [3.8, 4) is 0 Å². The molecule has 0 bridgehead atoms. The minimum atomic E-state index is -3.80. The van der Waals surface area contributed by atoms with Gasteiger partial charge in [0.15, 0.2) is 0 Å². The van der Waals surface area contributed by atoms with Gasteiger partial charge in [0, 0.05) is 11.4 Å². The van der Waals surface area contributed by atoms with Crippen LogP contribution in [0.4, 0.5) is 20.6 Å². The molecule has 2 aromatic carbocycles. The van der Waals surface area contributed by atoms with Crippen molar-refractivity contribution < 1.29 is 22.3 Å². The summed E-state index contributed by atoms with van der Waals surface area (Å²) in [5.74, 6) is -0.515. The zero-order chi connectivity index (χ0) is 16.9. The number of benzene rings is 2. The van der Waals surface area contributed by atoms with Crippen LogP contribution in [0.25, 0.3) is 0 Å². The Kier molecular flexibility index (Phi) is 5.17. The first-order valence-electron chi connectivity index (χ1n) is 6.73. The van der Waals surface area contributed by atoms with Crippen LogP contribution in [0.3, 0.4) is 0 Å². The predicted octanol–water partition coefficient (Wildman–Crippen LogP) is 3.19. The summed E-state index contributed by atoms with van der Waals surface area (Å²) in [6, 6.07) is 10.5. The molecular formula is C15H15FN2O4S. The Bertz CT molecular complexity index is 774. The van der Waals surface area contributed by atoms with Crippen molar-refractivity contribution in [2.24, 2.45) is 0 Å².